The molecular weight excluding hydrogens is 182 g/mol. The third-order valence-electron chi connectivity index (χ3n) is 2.58. The van der Waals surface area contributed by atoms with Crippen LogP contribution in [-0.2, 0) is 10.8 Å². The van der Waals surface area contributed by atoms with Crippen LogP contribution in [0, 0.1) is 5.92 Å². The van der Waals surface area contributed by atoms with Gasteiger partial charge in [-0.25, -0.2) is 0 Å². The molecule has 3 atom stereocenters. The Morgan fingerprint density at radius 3 is 2.15 bits per heavy atom. The first-order valence-corrected chi connectivity index (χ1v) is 6.63. The van der Waals surface area contributed by atoms with Crippen LogP contribution < -0.4 is 5.32 Å². The highest BCUT2D eigenvalue weighted by molar-refractivity contribution is 7.84. The number of nitrogens with one attached hydrogen (secondary N) is 1. The summed E-state index contributed by atoms with van der Waals surface area (Å²) < 4.78 is 11.0. The third-order valence-corrected chi connectivity index (χ3v) is 3.95. The first-order chi connectivity index (χ1) is 5.95. The molecule has 0 aliphatic rings. The summed E-state index contributed by atoms with van der Waals surface area (Å²) in [6.45, 7) is 9.62. The second-order valence-corrected chi connectivity index (χ2v) is 5.89. The molecule has 0 rings (SSSR count). The van der Waals surface area contributed by atoms with Crippen LogP contribution in [0.1, 0.15) is 34.1 Å². The molecule has 13 heavy (non-hydrogen) atoms. The van der Waals surface area contributed by atoms with Crippen molar-refractivity contribution in [3.05, 3.63) is 0 Å². The highest BCUT2D eigenvalue weighted by atomic mass is 32.2. The van der Waals surface area contributed by atoms with Gasteiger partial charge in [0, 0.05) is 28.3 Å². The van der Waals surface area contributed by atoms with Gasteiger partial charge in [0.05, 0.1) is 0 Å². The van der Waals surface area contributed by atoms with Crippen LogP contribution in [0.25, 0.3) is 0 Å². The molecule has 0 aromatic carbocycles. The van der Waals surface area contributed by atoms with E-state index < -0.39 is 10.8 Å². The van der Waals surface area contributed by atoms with Crippen LogP contribution >= 0.6 is 0 Å². The molecule has 0 amide bonds. The lowest BCUT2D eigenvalue weighted by atomic mass is 10.1. The molecular formula is C10H23NOS. The van der Waals surface area contributed by atoms with E-state index >= 15 is 0 Å². The normalized spacial score (nSPS) is 18.6. The zero-order valence-electron chi connectivity index (χ0n) is 9.46. The Hall–Kier alpha value is 0.110. The molecule has 3 heteroatoms. The maximum Gasteiger partial charge on any atom is 0.0329 e. The van der Waals surface area contributed by atoms with Crippen molar-refractivity contribution in [2.45, 2.75) is 45.4 Å². The van der Waals surface area contributed by atoms with Gasteiger partial charge in [-0.2, -0.15) is 0 Å². The molecule has 0 aliphatic carbocycles. The molecule has 0 fully saturated rings. The summed E-state index contributed by atoms with van der Waals surface area (Å²) >= 11 is 0. The first-order valence-electron chi connectivity index (χ1n) is 5.00. The predicted octanol–water partition coefficient (Wildman–Crippen LogP) is 1.78. The van der Waals surface area contributed by atoms with Crippen molar-refractivity contribution in [3.63, 3.8) is 0 Å². The predicted molar refractivity (Wildman–Crippen MR) is 60.4 cm³/mol. The molecule has 0 aliphatic heterocycles. The van der Waals surface area contributed by atoms with Crippen LogP contribution in [0.3, 0.4) is 0 Å². The van der Waals surface area contributed by atoms with Gasteiger partial charge in [-0.1, -0.05) is 20.8 Å². The monoisotopic (exact) mass is 205 g/mol. The highest BCUT2D eigenvalue weighted by Gasteiger charge is 2.08. The van der Waals surface area contributed by atoms with E-state index in [0.717, 1.165) is 13.0 Å². The Morgan fingerprint density at radius 1 is 1.23 bits per heavy atom. The average Bonchev–Trinajstić information content (AvgIpc) is 2.03. The average molecular weight is 205 g/mol. The van der Waals surface area contributed by atoms with Gasteiger partial charge in [0.15, 0.2) is 0 Å². The van der Waals surface area contributed by atoms with Gasteiger partial charge in [0.1, 0.15) is 0 Å². The fourth-order valence-corrected chi connectivity index (χ4v) is 1.37. The topological polar surface area (TPSA) is 29.1 Å². The molecule has 0 bridgehead atoms. The fourth-order valence-electron chi connectivity index (χ4n) is 0.916. The summed E-state index contributed by atoms with van der Waals surface area (Å²) in [5, 5.41) is 3.75. The maximum absolute atomic E-state index is 11.0. The van der Waals surface area contributed by atoms with Crippen LogP contribution in [0.4, 0.5) is 0 Å². The Morgan fingerprint density at radius 2 is 1.77 bits per heavy atom. The summed E-state index contributed by atoms with van der Waals surface area (Å²) in [4.78, 5) is 0. The largest absolute Gasteiger partial charge is 0.314 e. The second-order valence-electron chi connectivity index (χ2n) is 4.08. The van der Waals surface area contributed by atoms with E-state index in [1.807, 2.05) is 6.92 Å². The van der Waals surface area contributed by atoms with Gasteiger partial charge in [-0.15, -0.1) is 0 Å². The lowest BCUT2D eigenvalue weighted by Crippen LogP contribution is -2.33. The minimum absolute atomic E-state index is 0.312. The number of hydrogen-bond donors (Lipinski definition) is 1. The Balaban J connectivity index is 3.50. The van der Waals surface area contributed by atoms with E-state index in [4.69, 9.17) is 0 Å². The lowest BCUT2D eigenvalue weighted by molar-refractivity contribution is 0.424. The van der Waals surface area contributed by atoms with E-state index in [1.165, 1.54) is 0 Å². The standard InChI is InChI=1S/C10H23NOS/c1-8(2)10(4)11-7-6-9(3)13(5)12/h8-11H,6-7H2,1-5H3. The van der Waals surface area contributed by atoms with E-state index in [2.05, 4.69) is 26.1 Å². The first kappa shape index (κ1) is 13.1. The molecule has 0 radical (unpaired) electrons. The quantitative estimate of drug-likeness (QED) is 0.716. The van der Waals surface area contributed by atoms with Gasteiger partial charge in [-0.3, -0.25) is 4.21 Å². The molecule has 0 aromatic heterocycles. The van der Waals surface area contributed by atoms with Crippen LogP contribution in [-0.4, -0.2) is 28.3 Å². The van der Waals surface area contributed by atoms with Crippen LogP contribution in [0.2, 0.25) is 0 Å². The van der Waals surface area contributed by atoms with Crippen molar-refractivity contribution in [2.24, 2.45) is 5.92 Å². The van der Waals surface area contributed by atoms with Crippen molar-refractivity contribution >= 4 is 10.8 Å². The third kappa shape index (κ3) is 6.22. The minimum atomic E-state index is -0.676. The van der Waals surface area contributed by atoms with Crippen molar-refractivity contribution in [1.29, 1.82) is 0 Å². The van der Waals surface area contributed by atoms with Crippen molar-refractivity contribution in [1.82, 2.24) is 5.32 Å². The highest BCUT2D eigenvalue weighted by Crippen LogP contribution is 2.02. The zero-order chi connectivity index (χ0) is 10.4. The Labute approximate surface area is 84.9 Å². The SMILES string of the molecule is CC(C)C(C)NCCC(C)S(C)=O. The zero-order valence-corrected chi connectivity index (χ0v) is 10.3. The molecule has 0 aromatic rings. The van der Waals surface area contributed by atoms with Gasteiger partial charge >= 0.3 is 0 Å². The molecule has 2 nitrogen and oxygen atoms in total. The Kier molecular flexibility index (Phi) is 6.60. The minimum Gasteiger partial charge on any atom is -0.314 e. The Bertz CT molecular complexity index is 159. The lowest BCUT2D eigenvalue weighted by Gasteiger charge is -2.18. The molecule has 0 saturated carbocycles. The van der Waals surface area contributed by atoms with Crippen molar-refractivity contribution < 1.29 is 4.21 Å². The summed E-state index contributed by atoms with van der Waals surface area (Å²) in [6, 6.07) is 0.553. The molecule has 1 N–H and O–H groups in total. The van der Waals surface area contributed by atoms with Gasteiger partial charge < -0.3 is 5.32 Å². The van der Waals surface area contributed by atoms with Crippen LogP contribution in [0.15, 0.2) is 0 Å². The summed E-state index contributed by atoms with van der Waals surface area (Å²) in [7, 11) is -0.676. The summed E-state index contributed by atoms with van der Waals surface area (Å²) in [5.41, 5.74) is 0. The van der Waals surface area contributed by atoms with E-state index in [1.54, 1.807) is 6.26 Å². The number of hydrogen-bond acceptors (Lipinski definition) is 2. The van der Waals surface area contributed by atoms with Gasteiger partial charge in [-0.05, 0) is 25.8 Å². The number of rotatable bonds is 6. The van der Waals surface area contributed by atoms with Crippen molar-refractivity contribution in [3.8, 4) is 0 Å². The molecule has 3 unspecified atom stereocenters. The maximum atomic E-state index is 11.0. The van der Waals surface area contributed by atoms with Gasteiger partial charge in [0.2, 0.25) is 0 Å². The molecule has 0 heterocycles. The fraction of sp³-hybridized carbons (Fsp3) is 1.00. The van der Waals surface area contributed by atoms with E-state index in [9.17, 15) is 4.21 Å². The molecule has 0 spiro atoms. The van der Waals surface area contributed by atoms with Crippen molar-refractivity contribution in [2.75, 3.05) is 12.8 Å². The molecule has 0 saturated heterocycles. The van der Waals surface area contributed by atoms with Crippen LogP contribution in [0.5, 0.6) is 0 Å². The smallest absolute Gasteiger partial charge is 0.0329 e. The van der Waals surface area contributed by atoms with E-state index in [0.29, 0.717) is 17.2 Å². The van der Waals surface area contributed by atoms with Gasteiger partial charge in [0.25, 0.3) is 0 Å². The second kappa shape index (κ2) is 6.55. The summed E-state index contributed by atoms with van der Waals surface area (Å²) in [5.74, 6) is 0.669. The van der Waals surface area contributed by atoms with E-state index in [-0.39, 0.29) is 0 Å². The summed E-state index contributed by atoms with van der Waals surface area (Å²) in [6.07, 6.45) is 2.77. The molecule has 80 valence electrons.